The summed E-state index contributed by atoms with van der Waals surface area (Å²) in [5.74, 6) is 0. The molecule has 0 bridgehead atoms. The Balaban J connectivity index is 0.000000198. The highest BCUT2D eigenvalue weighted by Gasteiger charge is 2.26. The van der Waals surface area contributed by atoms with Gasteiger partial charge in [0.25, 0.3) is 0 Å². The fraction of sp³-hybridized carbons (Fsp3) is 0.405. The number of hydrogen-bond donors (Lipinski definition) is 0. The number of aryl methyl sites for hydroxylation is 14. The van der Waals surface area contributed by atoms with Gasteiger partial charge in [0.15, 0.2) is 24.8 Å². The quantitative estimate of drug-likeness (QED) is 0.156. The molecule has 0 saturated heterocycles. The zero-order valence-electron chi connectivity index (χ0n) is 56.0. The fourth-order valence-corrected chi connectivity index (χ4v) is 10.5. The molecule has 4 aromatic heterocycles. The second-order valence-corrected chi connectivity index (χ2v) is 26.5. The first kappa shape index (κ1) is 57.6. The average molecular weight is 1050 g/mol. The Labute approximate surface area is 479 Å². The smallest absolute Gasteiger partial charge is 0.201 e. The lowest BCUT2D eigenvalue weighted by Crippen LogP contribution is -2.34. The van der Waals surface area contributed by atoms with Crippen molar-refractivity contribution in [2.45, 2.75) is 174 Å². The van der Waals surface area contributed by atoms with Crippen LogP contribution in [0, 0.1) is 69.2 Å². The lowest BCUT2D eigenvalue weighted by atomic mass is 9.84. The molecule has 0 N–H and O–H groups in total. The Bertz CT molecular complexity index is 3350. The number of rotatable bonds is 4. The van der Waals surface area contributed by atoms with Crippen molar-refractivity contribution in [2.24, 2.45) is 28.2 Å². The van der Waals surface area contributed by atoms with Crippen LogP contribution in [0.2, 0.25) is 0 Å². The number of hydrogen-bond acceptors (Lipinski definition) is 0. The molecule has 78 heavy (non-hydrogen) atoms. The number of aromatic nitrogens is 4. The van der Waals surface area contributed by atoms with Crippen LogP contribution in [0.3, 0.4) is 0 Å². The molecule has 0 aliphatic rings. The summed E-state index contributed by atoms with van der Waals surface area (Å²) in [6.45, 7) is 44.3. The van der Waals surface area contributed by atoms with Gasteiger partial charge in [-0.3, -0.25) is 0 Å². The van der Waals surface area contributed by atoms with Crippen molar-refractivity contribution in [1.29, 1.82) is 0 Å². The zero-order chi connectivity index (χ0) is 61.1. The average Bonchev–Trinajstić information content (AvgIpc) is 3.45. The Morgan fingerprint density at radius 3 is 0.808 bits per heavy atom. The van der Waals surface area contributed by atoms with Crippen LogP contribution >= 0.6 is 0 Å². The molecule has 0 unspecified atom stereocenters. The molecule has 4 heterocycles. The predicted molar refractivity (Wildman–Crippen MR) is 334 cm³/mol. The predicted octanol–water partition coefficient (Wildman–Crippen LogP) is 17.0. The molecule has 8 rings (SSSR count). The van der Waals surface area contributed by atoms with Gasteiger partial charge >= 0.3 is 0 Å². The normalized spacial score (nSPS) is 12.4. The summed E-state index contributed by atoms with van der Waals surface area (Å²) < 4.78 is 31.4. The van der Waals surface area contributed by atoms with Crippen molar-refractivity contribution in [3.05, 3.63) is 212 Å². The Morgan fingerprint density at radius 1 is 0.282 bits per heavy atom. The van der Waals surface area contributed by atoms with Gasteiger partial charge < -0.3 is 0 Å². The lowest BCUT2D eigenvalue weighted by molar-refractivity contribution is -0.661. The molecule has 0 amide bonds. The molecule has 4 heteroatoms. The maximum absolute atomic E-state index is 7.51. The van der Waals surface area contributed by atoms with Crippen molar-refractivity contribution in [1.82, 2.24) is 0 Å². The highest BCUT2D eigenvalue weighted by molar-refractivity contribution is 5.65. The third-order valence-electron chi connectivity index (χ3n) is 15.1. The van der Waals surface area contributed by atoms with E-state index in [9.17, 15) is 0 Å². The first-order valence-electron chi connectivity index (χ1n) is 29.5. The molecule has 4 aromatic carbocycles. The van der Waals surface area contributed by atoms with Crippen LogP contribution in [0.25, 0.3) is 45.0 Å². The van der Waals surface area contributed by atoms with Crippen LogP contribution in [0.5, 0.6) is 0 Å². The van der Waals surface area contributed by atoms with E-state index in [1.54, 1.807) is 12.1 Å². The SMILES string of the molecule is Cc1ccc(-c2cc(C)c(C(C)(C)C)c[n+]2C)c(C)c1.Cc1ccc(-c2cc(C)c(C(C)(C)C)c[n+]2C)c(C)c1.Cc1ccc(-c2ccc(C(C)(C)C)c[n+]2C)c(C)c1.[2H]C([2H])([2H])c1ccc(-c2ccc(C(C)(C)C)c[n+]2C)c(C)c1. The summed E-state index contributed by atoms with van der Waals surface area (Å²) in [7, 11) is 8.44. The van der Waals surface area contributed by atoms with Crippen LogP contribution in [-0.2, 0) is 49.9 Å². The van der Waals surface area contributed by atoms with Gasteiger partial charge in [-0.15, -0.1) is 0 Å². The van der Waals surface area contributed by atoms with Crippen molar-refractivity contribution in [3.8, 4) is 45.0 Å². The number of benzene rings is 4. The first-order chi connectivity index (χ1) is 37.2. The van der Waals surface area contributed by atoms with E-state index in [-0.39, 0.29) is 21.7 Å². The van der Waals surface area contributed by atoms with Crippen molar-refractivity contribution < 1.29 is 22.4 Å². The van der Waals surface area contributed by atoms with E-state index >= 15 is 0 Å². The van der Waals surface area contributed by atoms with Crippen molar-refractivity contribution in [3.63, 3.8) is 0 Å². The molecule has 0 atom stereocenters. The molecule has 412 valence electrons. The molecule has 8 aromatic rings. The van der Waals surface area contributed by atoms with Gasteiger partial charge in [0.05, 0.1) is 0 Å². The second kappa shape index (κ2) is 24.7. The Kier molecular flexibility index (Phi) is 18.2. The standard InChI is InChI=1S/2C19H26N.2C18H24N/c2*1-13-8-9-16(14(2)10-13)18-11-15(3)17(12-20(18)7)19(4,5)6;2*1-13-7-9-16(14(2)11-13)17-10-8-15(12-19(17)6)18(3,4)5/h2*8-12H,1-7H3;2*7-12H,1-6H3/q4*+1/i;;1D3;. The Morgan fingerprint density at radius 2 is 0.551 bits per heavy atom. The van der Waals surface area contributed by atoms with Gasteiger partial charge in [0.2, 0.25) is 22.8 Å². The summed E-state index contributed by atoms with van der Waals surface area (Å²) in [6.07, 6.45) is 8.95. The van der Waals surface area contributed by atoms with Crippen LogP contribution in [-0.4, -0.2) is 0 Å². The summed E-state index contributed by atoms with van der Waals surface area (Å²) in [5.41, 5.74) is 28.1. The number of pyridine rings is 4. The molecule has 0 aliphatic carbocycles. The number of nitrogens with zero attached hydrogens (tertiary/aromatic N) is 4. The van der Waals surface area contributed by atoms with E-state index in [0.29, 0.717) is 5.56 Å². The molecular formula is C74H100N4+4. The van der Waals surface area contributed by atoms with Crippen LogP contribution in [0.4, 0.5) is 0 Å². The molecule has 0 fully saturated rings. The monoisotopic (exact) mass is 1050 g/mol. The van der Waals surface area contributed by atoms with Gasteiger partial charge in [-0.2, -0.15) is 0 Å². The zero-order valence-corrected chi connectivity index (χ0v) is 53.0. The third kappa shape index (κ3) is 15.8. The molecule has 4 nitrogen and oxygen atoms in total. The third-order valence-corrected chi connectivity index (χ3v) is 15.1. The first-order valence-corrected chi connectivity index (χ1v) is 28.0. The molecule has 0 radical (unpaired) electrons. The van der Waals surface area contributed by atoms with Crippen molar-refractivity contribution >= 4 is 0 Å². The van der Waals surface area contributed by atoms with E-state index in [1.807, 2.05) is 20.0 Å². The van der Waals surface area contributed by atoms with Gasteiger partial charge in [-0.25, -0.2) is 18.3 Å². The minimum Gasteiger partial charge on any atom is -0.201 e. The van der Waals surface area contributed by atoms with Crippen LogP contribution in [0.15, 0.2) is 134 Å². The molecule has 0 saturated carbocycles. The topological polar surface area (TPSA) is 15.5 Å². The Hall–Kier alpha value is -6.52. The van der Waals surface area contributed by atoms with E-state index in [1.165, 1.54) is 101 Å². The van der Waals surface area contributed by atoms with Gasteiger partial charge in [-0.1, -0.05) is 154 Å². The van der Waals surface area contributed by atoms with Gasteiger partial charge in [-0.05, 0) is 161 Å². The van der Waals surface area contributed by atoms with E-state index in [2.05, 4.69) is 294 Å². The lowest BCUT2D eigenvalue weighted by Gasteiger charge is -2.20. The van der Waals surface area contributed by atoms with Gasteiger partial charge in [0, 0.05) is 72.9 Å². The molecule has 0 aliphatic heterocycles. The summed E-state index contributed by atoms with van der Waals surface area (Å²) in [5, 5.41) is 0. The summed E-state index contributed by atoms with van der Waals surface area (Å²) in [6, 6.07) is 38.7. The molecular weight excluding hydrogens is 945 g/mol. The molecule has 0 spiro atoms. The van der Waals surface area contributed by atoms with Crippen LogP contribution < -0.4 is 18.3 Å². The maximum Gasteiger partial charge on any atom is 0.212 e. The van der Waals surface area contributed by atoms with E-state index in [4.69, 9.17) is 4.11 Å². The van der Waals surface area contributed by atoms with Gasteiger partial charge in [0.1, 0.15) is 28.2 Å². The highest BCUT2D eigenvalue weighted by atomic mass is 14.9. The minimum absolute atomic E-state index is 0.108. The van der Waals surface area contributed by atoms with Crippen LogP contribution in [0.1, 0.15) is 165 Å². The summed E-state index contributed by atoms with van der Waals surface area (Å²) >= 11 is 0. The maximum atomic E-state index is 7.51. The highest BCUT2D eigenvalue weighted by Crippen LogP contribution is 2.32. The van der Waals surface area contributed by atoms with E-state index < -0.39 is 6.85 Å². The summed E-state index contributed by atoms with van der Waals surface area (Å²) in [4.78, 5) is 0. The fourth-order valence-electron chi connectivity index (χ4n) is 10.5. The van der Waals surface area contributed by atoms with E-state index in [0.717, 1.165) is 16.8 Å². The van der Waals surface area contributed by atoms with Crippen molar-refractivity contribution in [2.75, 3.05) is 0 Å². The largest absolute Gasteiger partial charge is 0.212 e. The minimum atomic E-state index is -2.05. The second-order valence-electron chi connectivity index (χ2n) is 26.5.